The third-order valence-electron chi connectivity index (χ3n) is 4.49. The lowest BCUT2D eigenvalue weighted by Crippen LogP contribution is -2.29. The van der Waals surface area contributed by atoms with Gasteiger partial charge in [-0.15, -0.1) is 0 Å². The third-order valence-corrected chi connectivity index (χ3v) is 4.49. The van der Waals surface area contributed by atoms with Crippen LogP contribution in [0.2, 0.25) is 0 Å². The summed E-state index contributed by atoms with van der Waals surface area (Å²) in [5.41, 5.74) is 0.781. The average Bonchev–Trinajstić information content (AvgIpc) is 3.20. The molecule has 1 amide bonds. The Morgan fingerprint density at radius 3 is 2.50 bits per heavy atom. The highest BCUT2D eigenvalue weighted by atomic mass is 16.5. The zero-order chi connectivity index (χ0) is 19.9. The number of hydrogen-bond donors (Lipinski definition) is 0. The Morgan fingerprint density at radius 1 is 1.14 bits per heavy atom. The number of amides is 1. The summed E-state index contributed by atoms with van der Waals surface area (Å²) < 4.78 is 21.8. The van der Waals surface area contributed by atoms with Crippen LogP contribution in [0.1, 0.15) is 12.0 Å². The number of benzene rings is 1. The van der Waals surface area contributed by atoms with E-state index in [1.807, 2.05) is 18.2 Å². The average molecular weight is 384 g/mol. The highest BCUT2D eigenvalue weighted by Crippen LogP contribution is 2.38. The second kappa shape index (κ2) is 9.12. The Labute approximate surface area is 164 Å². The van der Waals surface area contributed by atoms with E-state index in [1.165, 1.54) is 0 Å². The number of ether oxygens (including phenoxy) is 4. The first-order valence-electron chi connectivity index (χ1n) is 8.99. The van der Waals surface area contributed by atoms with Gasteiger partial charge in [0.2, 0.25) is 17.5 Å². The number of rotatable bonds is 7. The molecule has 1 aromatic heterocycles. The molecule has 0 saturated carbocycles. The maximum Gasteiger partial charge on any atom is 0.246 e. The van der Waals surface area contributed by atoms with Gasteiger partial charge in [-0.3, -0.25) is 4.79 Å². The fraction of sp³-hybridized carbons (Fsp3) is 0.333. The van der Waals surface area contributed by atoms with Crippen molar-refractivity contribution < 1.29 is 23.7 Å². The van der Waals surface area contributed by atoms with Crippen LogP contribution in [0, 0.1) is 0 Å². The van der Waals surface area contributed by atoms with E-state index < -0.39 is 0 Å². The number of carbonyl (C=O) groups excluding carboxylic acids is 1. The van der Waals surface area contributed by atoms with Crippen LogP contribution in [0.4, 0.5) is 0 Å². The minimum Gasteiger partial charge on any atom is -0.493 e. The molecular formula is C21H24N2O5. The first kappa shape index (κ1) is 19.5. The minimum absolute atomic E-state index is 0.0478. The Morgan fingerprint density at radius 2 is 1.89 bits per heavy atom. The van der Waals surface area contributed by atoms with Gasteiger partial charge in [0.1, 0.15) is 6.10 Å². The van der Waals surface area contributed by atoms with Crippen LogP contribution in [-0.2, 0) is 4.79 Å². The quantitative estimate of drug-likeness (QED) is 0.684. The van der Waals surface area contributed by atoms with Gasteiger partial charge in [0.15, 0.2) is 11.5 Å². The fourth-order valence-electron chi connectivity index (χ4n) is 3.08. The van der Waals surface area contributed by atoms with Crippen molar-refractivity contribution in [2.45, 2.75) is 12.5 Å². The molecule has 0 N–H and O–H groups in total. The predicted molar refractivity (Wildman–Crippen MR) is 105 cm³/mol. The number of likely N-dealkylation sites (tertiary alicyclic amines) is 1. The van der Waals surface area contributed by atoms with Crippen molar-refractivity contribution in [1.29, 1.82) is 0 Å². The smallest absolute Gasteiger partial charge is 0.246 e. The molecule has 1 atom stereocenters. The molecule has 1 saturated heterocycles. The van der Waals surface area contributed by atoms with Crippen molar-refractivity contribution in [3.63, 3.8) is 0 Å². The summed E-state index contributed by atoms with van der Waals surface area (Å²) in [6.45, 7) is 1.19. The summed E-state index contributed by atoms with van der Waals surface area (Å²) in [5, 5.41) is 0. The van der Waals surface area contributed by atoms with E-state index in [-0.39, 0.29) is 12.0 Å². The molecule has 7 nitrogen and oxygen atoms in total. The first-order valence-corrected chi connectivity index (χ1v) is 8.99. The monoisotopic (exact) mass is 384 g/mol. The molecule has 2 heterocycles. The lowest BCUT2D eigenvalue weighted by atomic mass is 10.1. The van der Waals surface area contributed by atoms with E-state index in [0.29, 0.717) is 36.2 Å². The van der Waals surface area contributed by atoms with Crippen LogP contribution in [-0.4, -0.2) is 56.3 Å². The Balaban J connectivity index is 1.64. The van der Waals surface area contributed by atoms with Gasteiger partial charge in [-0.2, -0.15) is 0 Å². The lowest BCUT2D eigenvalue weighted by molar-refractivity contribution is -0.125. The SMILES string of the molecule is COc1cc(/C=C/C(=O)N2CCC(Oc3ccccn3)C2)cc(OC)c1OC. The van der Waals surface area contributed by atoms with E-state index in [4.69, 9.17) is 18.9 Å². The second-order valence-electron chi connectivity index (χ2n) is 6.27. The summed E-state index contributed by atoms with van der Waals surface area (Å²) >= 11 is 0. The molecule has 0 radical (unpaired) electrons. The molecule has 28 heavy (non-hydrogen) atoms. The maximum absolute atomic E-state index is 12.5. The van der Waals surface area contributed by atoms with Crippen LogP contribution in [0.5, 0.6) is 23.1 Å². The van der Waals surface area contributed by atoms with Gasteiger partial charge in [0.05, 0.1) is 27.9 Å². The van der Waals surface area contributed by atoms with Crippen molar-refractivity contribution >= 4 is 12.0 Å². The predicted octanol–water partition coefficient (Wildman–Crippen LogP) is 2.80. The summed E-state index contributed by atoms with van der Waals surface area (Å²) in [5.74, 6) is 2.11. The molecule has 1 aliphatic rings. The Bertz CT molecular complexity index is 813. The number of carbonyl (C=O) groups is 1. The first-order chi connectivity index (χ1) is 13.6. The van der Waals surface area contributed by atoms with Crippen molar-refractivity contribution in [3.8, 4) is 23.1 Å². The second-order valence-corrected chi connectivity index (χ2v) is 6.27. The molecule has 1 aliphatic heterocycles. The topological polar surface area (TPSA) is 70.1 Å². The van der Waals surface area contributed by atoms with Gasteiger partial charge in [0, 0.05) is 31.3 Å². The van der Waals surface area contributed by atoms with Crippen LogP contribution in [0.25, 0.3) is 6.08 Å². The highest BCUT2D eigenvalue weighted by Gasteiger charge is 2.26. The zero-order valence-electron chi connectivity index (χ0n) is 16.3. The Hall–Kier alpha value is -3.22. The molecule has 148 valence electrons. The molecule has 1 fully saturated rings. The van der Waals surface area contributed by atoms with Gasteiger partial charge >= 0.3 is 0 Å². The molecular weight excluding hydrogens is 360 g/mol. The van der Waals surface area contributed by atoms with Crippen LogP contribution >= 0.6 is 0 Å². The van der Waals surface area contributed by atoms with Crippen LogP contribution in [0.15, 0.2) is 42.6 Å². The minimum atomic E-state index is -0.0686. The van der Waals surface area contributed by atoms with Crippen molar-refractivity contribution in [3.05, 3.63) is 48.2 Å². The zero-order valence-corrected chi connectivity index (χ0v) is 16.3. The summed E-state index contributed by atoms with van der Waals surface area (Å²) in [4.78, 5) is 18.5. The van der Waals surface area contributed by atoms with Crippen molar-refractivity contribution in [2.24, 2.45) is 0 Å². The van der Waals surface area contributed by atoms with Crippen molar-refractivity contribution in [1.82, 2.24) is 9.88 Å². The molecule has 0 aliphatic carbocycles. The van der Waals surface area contributed by atoms with Gasteiger partial charge in [0.25, 0.3) is 0 Å². The van der Waals surface area contributed by atoms with E-state index in [9.17, 15) is 4.79 Å². The van der Waals surface area contributed by atoms with E-state index >= 15 is 0 Å². The molecule has 1 unspecified atom stereocenters. The van der Waals surface area contributed by atoms with Gasteiger partial charge in [-0.25, -0.2) is 4.98 Å². The number of nitrogens with zero attached hydrogens (tertiary/aromatic N) is 2. The van der Waals surface area contributed by atoms with E-state index in [1.54, 1.807) is 56.7 Å². The lowest BCUT2D eigenvalue weighted by Gasteiger charge is -2.15. The number of pyridine rings is 1. The van der Waals surface area contributed by atoms with Crippen LogP contribution < -0.4 is 18.9 Å². The van der Waals surface area contributed by atoms with Crippen molar-refractivity contribution in [2.75, 3.05) is 34.4 Å². The molecule has 1 aromatic carbocycles. The standard InChI is InChI=1S/C21H24N2O5/c1-25-17-12-15(13-18(26-2)21(17)27-3)7-8-20(24)23-11-9-16(14-23)28-19-6-4-5-10-22-19/h4-8,10,12-13,16H,9,11,14H2,1-3H3/b8-7+. The third kappa shape index (κ3) is 4.54. The molecule has 2 aromatic rings. The molecule has 0 spiro atoms. The normalized spacial score (nSPS) is 16.2. The number of aromatic nitrogens is 1. The summed E-state index contributed by atoms with van der Waals surface area (Å²) in [6.07, 6.45) is 5.70. The maximum atomic E-state index is 12.5. The van der Waals surface area contributed by atoms with E-state index in [0.717, 1.165) is 12.0 Å². The van der Waals surface area contributed by atoms with Crippen LogP contribution in [0.3, 0.4) is 0 Å². The highest BCUT2D eigenvalue weighted by molar-refractivity contribution is 5.92. The Kier molecular flexibility index (Phi) is 6.37. The molecule has 0 bridgehead atoms. The fourth-order valence-corrected chi connectivity index (χ4v) is 3.08. The number of methoxy groups -OCH3 is 3. The molecule has 7 heteroatoms. The summed E-state index contributed by atoms with van der Waals surface area (Å²) in [7, 11) is 4.67. The van der Waals surface area contributed by atoms with Gasteiger partial charge in [-0.1, -0.05) is 6.07 Å². The van der Waals surface area contributed by atoms with E-state index in [2.05, 4.69) is 4.98 Å². The van der Waals surface area contributed by atoms with Gasteiger partial charge < -0.3 is 23.8 Å². The summed E-state index contributed by atoms with van der Waals surface area (Å²) in [6, 6.07) is 9.12. The molecule has 3 rings (SSSR count). The number of hydrogen-bond acceptors (Lipinski definition) is 6. The van der Waals surface area contributed by atoms with Gasteiger partial charge in [-0.05, 0) is 29.8 Å². The largest absolute Gasteiger partial charge is 0.493 e.